The van der Waals surface area contributed by atoms with E-state index in [-0.39, 0.29) is 0 Å². The standard InChI is InChI=1S/C9H15NO2/c1-6(2)10-5-7-3-9(10,4-7)8(11)12/h6-7H,3-5H2,1-2H3,(H,11,12). The highest BCUT2D eigenvalue weighted by Gasteiger charge is 2.61. The van der Waals surface area contributed by atoms with Gasteiger partial charge >= 0.3 is 5.97 Å². The number of rotatable bonds is 2. The van der Waals surface area contributed by atoms with Crippen LogP contribution >= 0.6 is 0 Å². The summed E-state index contributed by atoms with van der Waals surface area (Å²) < 4.78 is 0. The number of fused-ring (bicyclic) bond motifs is 1. The summed E-state index contributed by atoms with van der Waals surface area (Å²) >= 11 is 0. The van der Waals surface area contributed by atoms with Crippen LogP contribution in [0.4, 0.5) is 0 Å². The van der Waals surface area contributed by atoms with Crippen LogP contribution in [-0.4, -0.2) is 34.1 Å². The third kappa shape index (κ3) is 0.774. The van der Waals surface area contributed by atoms with Gasteiger partial charge < -0.3 is 5.11 Å². The van der Waals surface area contributed by atoms with E-state index in [9.17, 15) is 4.79 Å². The molecule has 0 spiro atoms. The smallest absolute Gasteiger partial charge is 0.324 e. The Morgan fingerprint density at radius 3 is 2.50 bits per heavy atom. The molecule has 0 unspecified atom stereocenters. The molecule has 0 amide bonds. The van der Waals surface area contributed by atoms with Gasteiger partial charge in [-0.05, 0) is 32.6 Å². The zero-order valence-corrected chi connectivity index (χ0v) is 7.58. The van der Waals surface area contributed by atoms with Crippen LogP contribution in [0.25, 0.3) is 0 Å². The van der Waals surface area contributed by atoms with Gasteiger partial charge in [0.1, 0.15) is 5.54 Å². The Morgan fingerprint density at radius 1 is 1.58 bits per heavy atom. The number of nitrogens with zero attached hydrogens (tertiary/aromatic N) is 1. The van der Waals surface area contributed by atoms with E-state index in [0.717, 1.165) is 19.4 Å². The summed E-state index contributed by atoms with van der Waals surface area (Å²) in [4.78, 5) is 13.2. The Balaban J connectivity index is 2.22. The fourth-order valence-electron chi connectivity index (χ4n) is 2.71. The van der Waals surface area contributed by atoms with E-state index < -0.39 is 11.5 Å². The maximum atomic E-state index is 11.0. The largest absolute Gasteiger partial charge is 0.480 e. The minimum absolute atomic E-state index is 0.369. The molecule has 3 rings (SSSR count). The third-order valence-corrected chi connectivity index (χ3v) is 3.28. The maximum absolute atomic E-state index is 11.0. The summed E-state index contributed by atoms with van der Waals surface area (Å²) in [6, 6.07) is 0.369. The quantitative estimate of drug-likeness (QED) is 0.669. The van der Waals surface area contributed by atoms with Crippen LogP contribution in [0.5, 0.6) is 0 Å². The van der Waals surface area contributed by atoms with E-state index >= 15 is 0 Å². The van der Waals surface area contributed by atoms with E-state index in [1.807, 2.05) is 0 Å². The average Bonchev–Trinajstić information content (AvgIpc) is 2.35. The average molecular weight is 169 g/mol. The van der Waals surface area contributed by atoms with Gasteiger partial charge in [-0.25, -0.2) is 0 Å². The van der Waals surface area contributed by atoms with Crippen LogP contribution in [0.15, 0.2) is 0 Å². The van der Waals surface area contributed by atoms with Gasteiger partial charge in [0.05, 0.1) is 0 Å². The number of carbonyl (C=O) groups is 1. The summed E-state index contributed by atoms with van der Waals surface area (Å²) in [5.74, 6) is 0.0356. The normalized spacial score (nSPS) is 40.1. The van der Waals surface area contributed by atoms with Crippen LogP contribution in [0.3, 0.4) is 0 Å². The van der Waals surface area contributed by atoms with Crippen LogP contribution in [0.1, 0.15) is 26.7 Å². The molecule has 3 heteroatoms. The Hall–Kier alpha value is -0.570. The Morgan fingerprint density at radius 2 is 2.17 bits per heavy atom. The lowest BCUT2D eigenvalue weighted by Crippen LogP contribution is -2.54. The lowest BCUT2D eigenvalue weighted by atomic mass is 9.73. The van der Waals surface area contributed by atoms with Gasteiger partial charge in [0.2, 0.25) is 0 Å². The van der Waals surface area contributed by atoms with Crippen molar-refractivity contribution in [1.82, 2.24) is 4.90 Å². The Bertz CT molecular complexity index is 219. The lowest BCUT2D eigenvalue weighted by molar-refractivity contribution is -0.153. The summed E-state index contributed by atoms with van der Waals surface area (Å²) in [6.45, 7) is 5.14. The van der Waals surface area contributed by atoms with Crippen LogP contribution < -0.4 is 0 Å². The van der Waals surface area contributed by atoms with Gasteiger partial charge in [-0.3, -0.25) is 9.69 Å². The Kier molecular flexibility index (Phi) is 1.49. The topological polar surface area (TPSA) is 40.5 Å². The number of hydrogen-bond donors (Lipinski definition) is 1. The maximum Gasteiger partial charge on any atom is 0.324 e. The number of aliphatic carboxylic acids is 1. The van der Waals surface area contributed by atoms with Crippen molar-refractivity contribution in [2.75, 3.05) is 6.54 Å². The molecular weight excluding hydrogens is 154 g/mol. The van der Waals surface area contributed by atoms with Crippen LogP contribution in [0.2, 0.25) is 0 Å². The summed E-state index contributed by atoms with van der Waals surface area (Å²) in [5.41, 5.74) is -0.473. The molecule has 0 aromatic heterocycles. The molecule has 0 atom stereocenters. The third-order valence-electron chi connectivity index (χ3n) is 3.28. The van der Waals surface area contributed by atoms with Crippen molar-refractivity contribution < 1.29 is 9.90 Å². The number of carboxylic acids is 1. The highest BCUT2D eigenvalue weighted by atomic mass is 16.4. The van der Waals surface area contributed by atoms with Gasteiger partial charge in [-0.1, -0.05) is 0 Å². The summed E-state index contributed by atoms with van der Waals surface area (Å²) in [7, 11) is 0. The first kappa shape index (κ1) is 8.05. The monoisotopic (exact) mass is 169 g/mol. The molecular formula is C9H15NO2. The molecule has 0 aromatic rings. The number of hydrogen-bond acceptors (Lipinski definition) is 2. The Labute approximate surface area is 72.4 Å². The second-order valence-corrected chi connectivity index (χ2v) is 4.36. The van der Waals surface area contributed by atoms with Crippen molar-refractivity contribution in [3.05, 3.63) is 0 Å². The van der Waals surface area contributed by atoms with Gasteiger partial charge in [-0.15, -0.1) is 0 Å². The second-order valence-electron chi connectivity index (χ2n) is 4.36. The van der Waals surface area contributed by atoms with E-state index in [4.69, 9.17) is 5.11 Å². The van der Waals surface area contributed by atoms with Gasteiger partial charge in [0.25, 0.3) is 0 Å². The molecule has 2 aliphatic heterocycles. The van der Waals surface area contributed by atoms with Gasteiger partial charge in [-0.2, -0.15) is 0 Å². The van der Waals surface area contributed by atoms with E-state index in [2.05, 4.69) is 18.7 Å². The molecule has 0 radical (unpaired) electrons. The van der Waals surface area contributed by atoms with E-state index in [0.29, 0.717) is 12.0 Å². The summed E-state index contributed by atoms with van der Waals surface area (Å²) in [6.07, 6.45) is 1.75. The first-order chi connectivity index (χ1) is 5.56. The summed E-state index contributed by atoms with van der Waals surface area (Å²) in [5, 5.41) is 9.09. The fourth-order valence-corrected chi connectivity index (χ4v) is 2.71. The van der Waals surface area contributed by atoms with Gasteiger partial charge in [0.15, 0.2) is 0 Å². The predicted octanol–water partition coefficient (Wildman–Crippen LogP) is 0.944. The highest BCUT2D eigenvalue weighted by Crippen LogP contribution is 2.51. The first-order valence-corrected chi connectivity index (χ1v) is 4.56. The molecule has 2 heterocycles. The molecule has 3 nitrogen and oxygen atoms in total. The van der Waals surface area contributed by atoms with Crippen molar-refractivity contribution in [2.45, 2.75) is 38.3 Å². The molecule has 1 aliphatic carbocycles. The van der Waals surface area contributed by atoms with E-state index in [1.54, 1.807) is 0 Å². The molecule has 12 heavy (non-hydrogen) atoms. The minimum Gasteiger partial charge on any atom is -0.480 e. The zero-order valence-electron chi connectivity index (χ0n) is 7.58. The molecule has 3 fully saturated rings. The molecule has 0 aromatic carbocycles. The zero-order chi connectivity index (χ0) is 8.93. The van der Waals surface area contributed by atoms with Gasteiger partial charge in [0, 0.05) is 12.6 Å². The lowest BCUT2D eigenvalue weighted by Gasteiger charge is -2.39. The highest BCUT2D eigenvalue weighted by molar-refractivity contribution is 5.81. The van der Waals surface area contributed by atoms with Crippen molar-refractivity contribution >= 4 is 5.97 Å². The van der Waals surface area contributed by atoms with Crippen molar-refractivity contribution in [2.24, 2.45) is 5.92 Å². The number of carboxylic acid groups (broad SMARTS) is 1. The molecule has 68 valence electrons. The second kappa shape index (κ2) is 2.22. The SMILES string of the molecule is CC(C)N1CC2CC1(C(=O)O)C2. The molecule has 2 saturated heterocycles. The molecule has 2 bridgehead atoms. The predicted molar refractivity (Wildman–Crippen MR) is 44.9 cm³/mol. The molecule has 1 N–H and O–H groups in total. The van der Waals surface area contributed by atoms with E-state index in [1.165, 1.54) is 0 Å². The molecule has 3 aliphatic rings. The van der Waals surface area contributed by atoms with Crippen molar-refractivity contribution in [1.29, 1.82) is 0 Å². The van der Waals surface area contributed by atoms with Crippen LogP contribution in [0, 0.1) is 5.92 Å². The van der Waals surface area contributed by atoms with Crippen molar-refractivity contribution in [3.8, 4) is 0 Å². The fraction of sp³-hybridized carbons (Fsp3) is 0.889. The van der Waals surface area contributed by atoms with Crippen LogP contribution in [-0.2, 0) is 4.79 Å². The minimum atomic E-state index is -0.620. The van der Waals surface area contributed by atoms with Crippen molar-refractivity contribution in [3.63, 3.8) is 0 Å². The molecule has 1 saturated carbocycles. The first-order valence-electron chi connectivity index (χ1n) is 4.56.